The van der Waals surface area contributed by atoms with Crippen molar-refractivity contribution in [2.45, 2.75) is 6.61 Å². The van der Waals surface area contributed by atoms with E-state index in [-0.39, 0.29) is 5.82 Å². The van der Waals surface area contributed by atoms with Crippen molar-refractivity contribution in [3.63, 3.8) is 0 Å². The predicted molar refractivity (Wildman–Crippen MR) is 49.3 cm³/mol. The van der Waals surface area contributed by atoms with Crippen molar-refractivity contribution >= 4 is 0 Å². The number of halogens is 1. The Labute approximate surface area is 80.5 Å². The molecule has 2 rings (SSSR count). The molecule has 3 nitrogen and oxygen atoms in total. The van der Waals surface area contributed by atoms with E-state index in [9.17, 15) is 4.39 Å². The lowest BCUT2D eigenvalue weighted by Crippen LogP contribution is -1.93. The Balaban J connectivity index is 1.95. The van der Waals surface area contributed by atoms with Gasteiger partial charge in [-0.3, -0.25) is 5.10 Å². The Bertz CT molecular complexity index is 383. The molecule has 0 spiro atoms. The highest BCUT2D eigenvalue weighted by atomic mass is 19.1. The van der Waals surface area contributed by atoms with Gasteiger partial charge < -0.3 is 4.74 Å². The molecule has 0 aliphatic heterocycles. The summed E-state index contributed by atoms with van der Waals surface area (Å²) < 4.78 is 17.9. The molecule has 0 aliphatic rings. The lowest BCUT2D eigenvalue weighted by Gasteiger charge is -2.03. The van der Waals surface area contributed by atoms with E-state index in [0.717, 1.165) is 5.56 Å². The summed E-state index contributed by atoms with van der Waals surface area (Å²) in [4.78, 5) is 0. The number of rotatable bonds is 3. The highest BCUT2D eigenvalue weighted by molar-refractivity contribution is 5.22. The molecule has 0 radical (unpaired) electrons. The quantitative estimate of drug-likeness (QED) is 0.808. The van der Waals surface area contributed by atoms with E-state index in [1.165, 1.54) is 12.1 Å². The minimum atomic E-state index is -0.263. The van der Waals surface area contributed by atoms with E-state index in [2.05, 4.69) is 10.2 Å². The molecule has 1 aromatic carbocycles. The Morgan fingerprint density at radius 3 is 2.71 bits per heavy atom. The van der Waals surface area contributed by atoms with Gasteiger partial charge in [0.05, 0.1) is 6.20 Å². The number of hydrogen-bond acceptors (Lipinski definition) is 2. The summed E-state index contributed by atoms with van der Waals surface area (Å²) in [5.74, 6) is 0.383. The van der Waals surface area contributed by atoms with Crippen molar-refractivity contribution in [2.75, 3.05) is 0 Å². The zero-order valence-corrected chi connectivity index (χ0v) is 7.40. The second-order valence-electron chi connectivity index (χ2n) is 2.85. The van der Waals surface area contributed by atoms with Crippen molar-refractivity contribution < 1.29 is 9.13 Å². The van der Waals surface area contributed by atoms with Gasteiger partial charge in [0.25, 0.3) is 0 Å². The number of hydrogen-bond donors (Lipinski definition) is 1. The topological polar surface area (TPSA) is 37.9 Å². The van der Waals surface area contributed by atoms with Crippen LogP contribution >= 0.6 is 0 Å². The van der Waals surface area contributed by atoms with Gasteiger partial charge in [-0.15, -0.1) is 0 Å². The third-order valence-electron chi connectivity index (χ3n) is 1.77. The number of aromatic amines is 1. The number of ether oxygens (including phenoxy) is 1. The predicted octanol–water partition coefficient (Wildman–Crippen LogP) is 2.13. The van der Waals surface area contributed by atoms with Gasteiger partial charge in [-0.05, 0) is 24.3 Å². The molecule has 0 saturated carbocycles. The summed E-state index contributed by atoms with van der Waals surface area (Å²) in [6, 6.07) is 5.92. The molecular weight excluding hydrogens is 183 g/mol. The van der Waals surface area contributed by atoms with Crippen molar-refractivity contribution in [1.82, 2.24) is 10.2 Å². The second kappa shape index (κ2) is 3.91. The molecule has 0 fully saturated rings. The Hall–Kier alpha value is -1.84. The maximum absolute atomic E-state index is 12.5. The van der Waals surface area contributed by atoms with E-state index < -0.39 is 0 Å². The molecule has 1 N–H and O–H groups in total. The molecule has 0 atom stereocenters. The van der Waals surface area contributed by atoms with Gasteiger partial charge in [-0.2, -0.15) is 5.10 Å². The molecule has 0 saturated heterocycles. The van der Waals surface area contributed by atoms with Crippen LogP contribution in [-0.4, -0.2) is 10.2 Å². The fourth-order valence-corrected chi connectivity index (χ4v) is 1.05. The molecule has 0 aliphatic carbocycles. The van der Waals surface area contributed by atoms with Crippen LogP contribution in [0.15, 0.2) is 36.7 Å². The van der Waals surface area contributed by atoms with E-state index in [4.69, 9.17) is 4.74 Å². The van der Waals surface area contributed by atoms with Crippen LogP contribution in [0.3, 0.4) is 0 Å². The molecule has 1 heterocycles. The van der Waals surface area contributed by atoms with Crippen LogP contribution < -0.4 is 4.74 Å². The number of aromatic nitrogens is 2. The Morgan fingerprint density at radius 2 is 2.07 bits per heavy atom. The van der Waals surface area contributed by atoms with E-state index in [0.29, 0.717) is 12.4 Å². The second-order valence-corrected chi connectivity index (χ2v) is 2.85. The van der Waals surface area contributed by atoms with Crippen LogP contribution in [-0.2, 0) is 6.61 Å². The number of benzene rings is 1. The summed E-state index contributed by atoms with van der Waals surface area (Å²) in [7, 11) is 0. The first kappa shape index (κ1) is 8.74. The summed E-state index contributed by atoms with van der Waals surface area (Å²) in [5.41, 5.74) is 0.953. The maximum atomic E-state index is 12.5. The minimum Gasteiger partial charge on any atom is -0.489 e. The molecule has 0 bridgehead atoms. The van der Waals surface area contributed by atoms with Crippen LogP contribution in [0.4, 0.5) is 4.39 Å². The van der Waals surface area contributed by atoms with E-state index in [1.54, 1.807) is 24.5 Å². The maximum Gasteiger partial charge on any atom is 0.123 e. The number of nitrogens with zero attached hydrogens (tertiary/aromatic N) is 1. The van der Waals surface area contributed by atoms with Crippen molar-refractivity contribution in [3.8, 4) is 5.75 Å². The zero-order valence-electron chi connectivity index (χ0n) is 7.40. The number of nitrogens with one attached hydrogen (secondary N) is 1. The van der Waals surface area contributed by atoms with Gasteiger partial charge >= 0.3 is 0 Å². The average molecular weight is 192 g/mol. The van der Waals surface area contributed by atoms with Crippen LogP contribution in [0, 0.1) is 5.82 Å². The highest BCUT2D eigenvalue weighted by Gasteiger charge is 1.96. The molecule has 0 amide bonds. The first-order valence-electron chi connectivity index (χ1n) is 4.20. The Morgan fingerprint density at radius 1 is 1.29 bits per heavy atom. The normalized spacial score (nSPS) is 10.1. The van der Waals surface area contributed by atoms with E-state index in [1.807, 2.05) is 0 Å². The fraction of sp³-hybridized carbons (Fsp3) is 0.100. The fourth-order valence-electron chi connectivity index (χ4n) is 1.05. The van der Waals surface area contributed by atoms with Gasteiger partial charge in [0, 0.05) is 11.8 Å². The molecule has 0 unspecified atom stereocenters. The standard InChI is InChI=1S/C10H9FN2O/c11-9-1-3-10(4-2-9)14-7-8-5-12-13-6-8/h1-6H,7H2,(H,12,13). The largest absolute Gasteiger partial charge is 0.489 e. The molecule has 2 aromatic rings. The lowest BCUT2D eigenvalue weighted by molar-refractivity contribution is 0.306. The van der Waals surface area contributed by atoms with Crippen LogP contribution in [0.2, 0.25) is 0 Å². The number of H-pyrrole nitrogens is 1. The third-order valence-corrected chi connectivity index (χ3v) is 1.77. The SMILES string of the molecule is Fc1ccc(OCc2cn[nH]c2)cc1. The molecule has 14 heavy (non-hydrogen) atoms. The summed E-state index contributed by atoms with van der Waals surface area (Å²) >= 11 is 0. The van der Waals surface area contributed by atoms with Gasteiger partial charge in [-0.25, -0.2) is 4.39 Å². The molecule has 1 aromatic heterocycles. The van der Waals surface area contributed by atoms with Gasteiger partial charge in [0.1, 0.15) is 18.2 Å². The molecule has 4 heteroatoms. The van der Waals surface area contributed by atoms with Crippen molar-refractivity contribution in [2.24, 2.45) is 0 Å². The Kier molecular flexibility index (Phi) is 2.44. The van der Waals surface area contributed by atoms with Crippen LogP contribution in [0.25, 0.3) is 0 Å². The third kappa shape index (κ3) is 2.10. The monoisotopic (exact) mass is 192 g/mol. The summed E-state index contributed by atoms with van der Waals surface area (Å²) in [6.45, 7) is 0.433. The first-order valence-corrected chi connectivity index (χ1v) is 4.20. The highest BCUT2D eigenvalue weighted by Crippen LogP contribution is 2.12. The van der Waals surface area contributed by atoms with Crippen LogP contribution in [0.1, 0.15) is 5.56 Å². The zero-order chi connectivity index (χ0) is 9.80. The van der Waals surface area contributed by atoms with E-state index >= 15 is 0 Å². The van der Waals surface area contributed by atoms with Gasteiger partial charge in [0.2, 0.25) is 0 Å². The molecule has 72 valence electrons. The lowest BCUT2D eigenvalue weighted by atomic mass is 10.3. The van der Waals surface area contributed by atoms with Crippen LogP contribution in [0.5, 0.6) is 5.75 Å². The smallest absolute Gasteiger partial charge is 0.123 e. The minimum absolute atomic E-state index is 0.263. The van der Waals surface area contributed by atoms with Gasteiger partial charge in [-0.1, -0.05) is 0 Å². The summed E-state index contributed by atoms with van der Waals surface area (Å²) in [5, 5.41) is 6.47. The molecular formula is C10H9FN2O. The summed E-state index contributed by atoms with van der Waals surface area (Å²) in [6.07, 6.45) is 3.44. The average Bonchev–Trinajstić information content (AvgIpc) is 2.70. The van der Waals surface area contributed by atoms with Crippen molar-refractivity contribution in [1.29, 1.82) is 0 Å². The first-order chi connectivity index (χ1) is 6.84. The van der Waals surface area contributed by atoms with Gasteiger partial charge in [0.15, 0.2) is 0 Å². The van der Waals surface area contributed by atoms with Crippen molar-refractivity contribution in [3.05, 3.63) is 48.0 Å².